The Morgan fingerprint density at radius 1 is 1.33 bits per heavy atom. The van der Waals surface area contributed by atoms with Gasteiger partial charge in [-0.15, -0.1) is 0 Å². The number of primary amides is 1. The van der Waals surface area contributed by atoms with Gasteiger partial charge in [-0.3, -0.25) is 4.79 Å². The first-order valence-electron chi connectivity index (χ1n) is 7.44. The summed E-state index contributed by atoms with van der Waals surface area (Å²) < 4.78 is 11.0. The second kappa shape index (κ2) is 9.23. The van der Waals surface area contributed by atoms with Crippen molar-refractivity contribution in [3.05, 3.63) is 23.8 Å². The third-order valence-electron chi connectivity index (χ3n) is 3.28. The number of ether oxygens (including phenoxy) is 2. The summed E-state index contributed by atoms with van der Waals surface area (Å²) in [4.78, 5) is 11.3. The quantitative estimate of drug-likeness (QED) is 0.691. The number of rotatable bonds is 10. The van der Waals surface area contributed by atoms with E-state index in [9.17, 15) is 4.79 Å². The van der Waals surface area contributed by atoms with E-state index in [1.54, 1.807) is 7.11 Å². The van der Waals surface area contributed by atoms with Gasteiger partial charge in [-0.05, 0) is 37.1 Å². The molecule has 0 radical (unpaired) electrons. The van der Waals surface area contributed by atoms with Gasteiger partial charge < -0.3 is 20.5 Å². The molecule has 0 saturated heterocycles. The van der Waals surface area contributed by atoms with Crippen molar-refractivity contribution in [3.8, 4) is 11.5 Å². The Hall–Kier alpha value is -1.75. The molecule has 0 aliphatic rings. The molecule has 0 fully saturated rings. The molecule has 5 nitrogen and oxygen atoms in total. The first kappa shape index (κ1) is 17.3. The van der Waals surface area contributed by atoms with Crippen molar-refractivity contribution in [1.82, 2.24) is 5.32 Å². The summed E-state index contributed by atoms with van der Waals surface area (Å²) in [6, 6.07) is 5.52. The molecule has 0 saturated carbocycles. The highest BCUT2D eigenvalue weighted by Crippen LogP contribution is 2.28. The van der Waals surface area contributed by atoms with Crippen molar-refractivity contribution in [1.29, 1.82) is 0 Å². The molecule has 1 unspecified atom stereocenters. The van der Waals surface area contributed by atoms with Crippen LogP contribution in [0.5, 0.6) is 11.5 Å². The maximum Gasteiger partial charge on any atom is 0.234 e. The maximum atomic E-state index is 11.3. The Kier molecular flexibility index (Phi) is 7.61. The lowest BCUT2D eigenvalue weighted by Crippen LogP contribution is -2.42. The SMILES string of the molecule is CCCNC(CCOc1ccc(CC)cc1OC)C(N)=O. The molecule has 0 aliphatic carbocycles. The number of aryl methyl sites for hydroxylation is 1. The molecule has 5 heteroatoms. The number of nitrogens with one attached hydrogen (secondary N) is 1. The number of carbonyl (C=O) groups excluding carboxylic acids is 1. The van der Waals surface area contributed by atoms with Crippen LogP contribution in [0.3, 0.4) is 0 Å². The number of carbonyl (C=O) groups is 1. The number of nitrogens with two attached hydrogens (primary N) is 1. The molecular weight excluding hydrogens is 268 g/mol. The van der Waals surface area contributed by atoms with Crippen LogP contribution >= 0.6 is 0 Å². The predicted octanol–water partition coefficient (Wildman–Crippen LogP) is 1.88. The molecule has 118 valence electrons. The third-order valence-corrected chi connectivity index (χ3v) is 3.28. The van der Waals surface area contributed by atoms with Crippen molar-refractivity contribution in [2.75, 3.05) is 20.3 Å². The Morgan fingerprint density at radius 3 is 2.67 bits per heavy atom. The molecule has 1 rings (SSSR count). The van der Waals surface area contributed by atoms with E-state index in [1.807, 2.05) is 25.1 Å². The molecule has 0 aromatic heterocycles. The Labute approximate surface area is 126 Å². The van der Waals surface area contributed by atoms with Gasteiger partial charge in [0.15, 0.2) is 11.5 Å². The van der Waals surface area contributed by atoms with E-state index in [2.05, 4.69) is 12.2 Å². The van der Waals surface area contributed by atoms with E-state index >= 15 is 0 Å². The minimum absolute atomic E-state index is 0.347. The molecule has 1 aromatic carbocycles. The summed E-state index contributed by atoms with van der Waals surface area (Å²) >= 11 is 0. The minimum atomic E-state index is -0.356. The van der Waals surface area contributed by atoms with Crippen LogP contribution in [0.2, 0.25) is 0 Å². The van der Waals surface area contributed by atoms with Crippen molar-refractivity contribution in [2.45, 2.75) is 39.2 Å². The van der Waals surface area contributed by atoms with Gasteiger partial charge in [-0.2, -0.15) is 0 Å². The van der Waals surface area contributed by atoms with Crippen molar-refractivity contribution in [3.63, 3.8) is 0 Å². The van der Waals surface area contributed by atoms with E-state index in [4.69, 9.17) is 15.2 Å². The monoisotopic (exact) mass is 294 g/mol. The van der Waals surface area contributed by atoms with E-state index in [0.717, 1.165) is 19.4 Å². The Morgan fingerprint density at radius 2 is 2.10 bits per heavy atom. The van der Waals surface area contributed by atoms with Crippen LogP contribution in [0.4, 0.5) is 0 Å². The molecule has 1 aromatic rings. The molecule has 21 heavy (non-hydrogen) atoms. The summed E-state index contributed by atoms with van der Waals surface area (Å²) in [5.74, 6) is 1.06. The number of benzene rings is 1. The van der Waals surface area contributed by atoms with Crippen molar-refractivity contribution in [2.24, 2.45) is 5.73 Å². The largest absolute Gasteiger partial charge is 0.493 e. The molecule has 0 bridgehead atoms. The normalized spacial score (nSPS) is 12.0. The molecule has 1 amide bonds. The first-order chi connectivity index (χ1) is 10.1. The van der Waals surface area contributed by atoms with Crippen LogP contribution in [0, 0.1) is 0 Å². The zero-order valence-electron chi connectivity index (χ0n) is 13.1. The molecule has 0 aliphatic heterocycles. The number of methoxy groups -OCH3 is 1. The van der Waals surface area contributed by atoms with Crippen molar-refractivity contribution < 1.29 is 14.3 Å². The smallest absolute Gasteiger partial charge is 0.234 e. The highest BCUT2D eigenvalue weighted by molar-refractivity contribution is 5.79. The lowest BCUT2D eigenvalue weighted by Gasteiger charge is -2.16. The molecule has 0 spiro atoms. The van der Waals surface area contributed by atoms with Gasteiger partial charge in [-0.25, -0.2) is 0 Å². The number of hydrogen-bond acceptors (Lipinski definition) is 4. The average molecular weight is 294 g/mol. The second-order valence-electron chi connectivity index (χ2n) is 4.88. The topological polar surface area (TPSA) is 73.6 Å². The number of amides is 1. The predicted molar refractivity (Wildman–Crippen MR) is 83.8 cm³/mol. The number of hydrogen-bond donors (Lipinski definition) is 2. The first-order valence-corrected chi connectivity index (χ1v) is 7.44. The van der Waals surface area contributed by atoms with Crippen LogP contribution in [-0.4, -0.2) is 32.2 Å². The zero-order valence-corrected chi connectivity index (χ0v) is 13.1. The summed E-state index contributed by atoms with van der Waals surface area (Å²) in [6.45, 7) is 5.31. The van der Waals surface area contributed by atoms with Gasteiger partial charge in [0, 0.05) is 6.42 Å². The second-order valence-corrected chi connectivity index (χ2v) is 4.88. The maximum absolute atomic E-state index is 11.3. The zero-order chi connectivity index (χ0) is 15.7. The highest BCUT2D eigenvalue weighted by Gasteiger charge is 2.14. The van der Waals surface area contributed by atoms with Crippen LogP contribution < -0.4 is 20.5 Å². The Balaban J connectivity index is 2.56. The fourth-order valence-corrected chi connectivity index (χ4v) is 2.00. The summed E-state index contributed by atoms with van der Waals surface area (Å²) in [6.07, 6.45) is 2.44. The van der Waals surface area contributed by atoms with Gasteiger partial charge >= 0.3 is 0 Å². The average Bonchev–Trinajstić information content (AvgIpc) is 2.50. The Bertz CT molecular complexity index is 449. The lowest BCUT2D eigenvalue weighted by molar-refractivity contribution is -0.120. The van der Waals surface area contributed by atoms with E-state index in [1.165, 1.54) is 5.56 Å². The van der Waals surface area contributed by atoms with Gasteiger partial charge in [0.1, 0.15) is 0 Å². The molecule has 0 heterocycles. The standard InChI is InChI=1S/C16H26N2O3/c1-4-9-18-13(16(17)19)8-10-21-14-7-6-12(5-2)11-15(14)20-3/h6-7,11,13,18H,4-5,8-10H2,1-3H3,(H2,17,19). The van der Waals surface area contributed by atoms with Crippen LogP contribution in [0.25, 0.3) is 0 Å². The summed E-state index contributed by atoms with van der Waals surface area (Å²) in [5, 5.41) is 3.12. The van der Waals surface area contributed by atoms with Crippen LogP contribution in [0.1, 0.15) is 32.3 Å². The van der Waals surface area contributed by atoms with Gasteiger partial charge in [0.2, 0.25) is 5.91 Å². The minimum Gasteiger partial charge on any atom is -0.493 e. The molecule has 1 atom stereocenters. The molecule has 3 N–H and O–H groups in total. The van der Waals surface area contributed by atoms with Gasteiger partial charge in [0.25, 0.3) is 0 Å². The summed E-state index contributed by atoms with van der Waals surface area (Å²) in [5.41, 5.74) is 6.56. The lowest BCUT2D eigenvalue weighted by atomic mass is 10.1. The van der Waals surface area contributed by atoms with Crippen LogP contribution in [0.15, 0.2) is 18.2 Å². The van der Waals surface area contributed by atoms with Crippen LogP contribution in [-0.2, 0) is 11.2 Å². The van der Waals surface area contributed by atoms with E-state index in [0.29, 0.717) is 24.5 Å². The fraction of sp³-hybridized carbons (Fsp3) is 0.562. The van der Waals surface area contributed by atoms with E-state index < -0.39 is 0 Å². The summed E-state index contributed by atoms with van der Waals surface area (Å²) in [7, 11) is 1.62. The fourth-order valence-electron chi connectivity index (χ4n) is 2.00. The van der Waals surface area contributed by atoms with E-state index in [-0.39, 0.29) is 11.9 Å². The highest BCUT2D eigenvalue weighted by atomic mass is 16.5. The van der Waals surface area contributed by atoms with Crippen molar-refractivity contribution >= 4 is 5.91 Å². The van der Waals surface area contributed by atoms with Gasteiger partial charge in [0.05, 0.1) is 19.8 Å². The van der Waals surface area contributed by atoms with Gasteiger partial charge in [-0.1, -0.05) is 19.9 Å². The molecular formula is C16H26N2O3. The third kappa shape index (κ3) is 5.63.